The van der Waals surface area contributed by atoms with Gasteiger partial charge in [-0.15, -0.1) is 0 Å². The van der Waals surface area contributed by atoms with Gasteiger partial charge in [0.25, 0.3) is 0 Å². The van der Waals surface area contributed by atoms with Crippen LogP contribution in [-0.2, 0) is 9.53 Å². The summed E-state index contributed by atoms with van der Waals surface area (Å²) in [5.74, 6) is 0.0344. The third kappa shape index (κ3) is 2.51. The molecule has 0 aliphatic heterocycles. The zero-order chi connectivity index (χ0) is 12.3. The monoisotopic (exact) mass is 223 g/mol. The Labute approximate surface area is 95.6 Å². The Balaban J connectivity index is 2.80. The van der Waals surface area contributed by atoms with Gasteiger partial charge in [-0.1, -0.05) is 12.2 Å². The third-order valence-corrected chi connectivity index (χ3v) is 2.52. The minimum absolute atomic E-state index is 0.0344. The largest absolute Gasteiger partial charge is 0.441 e. The molecule has 0 bridgehead atoms. The van der Waals surface area contributed by atoms with Crippen LogP contribution in [0.25, 0.3) is 0 Å². The van der Waals surface area contributed by atoms with E-state index in [0.29, 0.717) is 5.57 Å². The molecule has 1 amide bonds. The van der Waals surface area contributed by atoms with E-state index in [0.717, 1.165) is 5.57 Å². The van der Waals surface area contributed by atoms with E-state index in [1.807, 2.05) is 19.9 Å². The van der Waals surface area contributed by atoms with Gasteiger partial charge in [0.05, 0.1) is 6.42 Å². The molecule has 0 saturated heterocycles. The summed E-state index contributed by atoms with van der Waals surface area (Å²) in [5.41, 5.74) is 1.50. The van der Waals surface area contributed by atoms with Gasteiger partial charge < -0.3 is 9.64 Å². The van der Waals surface area contributed by atoms with E-state index in [1.54, 1.807) is 20.2 Å². The van der Waals surface area contributed by atoms with Gasteiger partial charge in [0.15, 0.2) is 5.78 Å². The summed E-state index contributed by atoms with van der Waals surface area (Å²) in [6.45, 7) is 3.68. The molecule has 1 atom stereocenters. The van der Waals surface area contributed by atoms with Gasteiger partial charge in [-0.3, -0.25) is 4.79 Å². The quantitative estimate of drug-likeness (QED) is 0.718. The number of Topliss-reactive ketones (excluding diaryl/α,β-unsaturated/α-hetero) is 1. The summed E-state index contributed by atoms with van der Waals surface area (Å²) in [6.07, 6.45) is 3.01. The molecule has 4 heteroatoms. The number of rotatable bonds is 2. The topological polar surface area (TPSA) is 46.6 Å². The summed E-state index contributed by atoms with van der Waals surface area (Å²) >= 11 is 0. The zero-order valence-electron chi connectivity index (χ0n) is 10.1. The molecule has 0 N–H and O–H groups in total. The Hall–Kier alpha value is -1.58. The van der Waals surface area contributed by atoms with E-state index >= 15 is 0 Å². The molecule has 4 nitrogen and oxygen atoms in total. The molecule has 1 unspecified atom stereocenters. The molecular weight excluding hydrogens is 206 g/mol. The molecule has 88 valence electrons. The lowest BCUT2D eigenvalue weighted by Gasteiger charge is -2.16. The minimum Gasteiger partial charge on any atom is -0.441 e. The number of allylic oxidation sites excluding steroid dienone is 3. The van der Waals surface area contributed by atoms with E-state index in [9.17, 15) is 9.59 Å². The van der Waals surface area contributed by atoms with Gasteiger partial charge in [0.1, 0.15) is 6.10 Å². The van der Waals surface area contributed by atoms with Crippen molar-refractivity contribution in [2.45, 2.75) is 26.4 Å². The predicted octanol–water partition coefficient (Wildman–Crippen LogP) is 1.92. The van der Waals surface area contributed by atoms with Crippen molar-refractivity contribution < 1.29 is 14.3 Å². The normalized spacial score (nSPS) is 20.8. The molecular formula is C12H17NO3. The first-order valence-corrected chi connectivity index (χ1v) is 5.22. The van der Waals surface area contributed by atoms with Crippen LogP contribution in [-0.4, -0.2) is 37.0 Å². The number of nitrogens with zero attached hydrogens (tertiary/aromatic N) is 1. The maximum Gasteiger partial charge on any atom is 0.409 e. The van der Waals surface area contributed by atoms with Crippen LogP contribution in [0.15, 0.2) is 23.3 Å². The predicted molar refractivity (Wildman–Crippen MR) is 61.1 cm³/mol. The Bertz CT molecular complexity index is 366. The molecule has 0 aromatic rings. The van der Waals surface area contributed by atoms with Crippen LogP contribution in [0.5, 0.6) is 0 Å². The van der Waals surface area contributed by atoms with Crippen LogP contribution in [0.4, 0.5) is 4.79 Å². The van der Waals surface area contributed by atoms with Gasteiger partial charge in [-0.2, -0.15) is 0 Å². The fourth-order valence-electron chi connectivity index (χ4n) is 1.57. The second-order valence-electron chi connectivity index (χ2n) is 3.99. The lowest BCUT2D eigenvalue weighted by molar-refractivity contribution is -0.115. The van der Waals surface area contributed by atoms with Gasteiger partial charge in [0, 0.05) is 19.7 Å². The smallest absolute Gasteiger partial charge is 0.409 e. The van der Waals surface area contributed by atoms with Crippen LogP contribution in [0.2, 0.25) is 0 Å². The number of hydrogen-bond acceptors (Lipinski definition) is 3. The van der Waals surface area contributed by atoms with Crippen LogP contribution >= 0.6 is 0 Å². The van der Waals surface area contributed by atoms with Crippen LogP contribution in [0, 0.1) is 0 Å². The Morgan fingerprint density at radius 2 is 2.12 bits per heavy atom. The maximum absolute atomic E-state index is 11.6. The number of amides is 1. The second-order valence-corrected chi connectivity index (χ2v) is 3.99. The van der Waals surface area contributed by atoms with Gasteiger partial charge in [0.2, 0.25) is 0 Å². The van der Waals surface area contributed by atoms with Gasteiger partial charge >= 0.3 is 6.09 Å². The minimum atomic E-state index is -0.418. The summed E-state index contributed by atoms with van der Waals surface area (Å²) < 4.78 is 5.21. The van der Waals surface area contributed by atoms with Crippen LogP contribution < -0.4 is 0 Å². The van der Waals surface area contributed by atoms with E-state index in [4.69, 9.17) is 4.74 Å². The van der Waals surface area contributed by atoms with E-state index in [1.165, 1.54) is 4.90 Å². The molecule has 1 rings (SSSR count). The molecule has 1 aliphatic rings. The van der Waals surface area contributed by atoms with Gasteiger partial charge in [-0.05, 0) is 19.4 Å². The lowest BCUT2D eigenvalue weighted by Crippen LogP contribution is -2.27. The first-order valence-electron chi connectivity index (χ1n) is 5.22. The Kier molecular flexibility index (Phi) is 3.88. The average molecular weight is 223 g/mol. The van der Waals surface area contributed by atoms with Crippen molar-refractivity contribution in [1.82, 2.24) is 4.90 Å². The van der Waals surface area contributed by atoms with E-state index in [2.05, 4.69) is 0 Å². The van der Waals surface area contributed by atoms with Crippen molar-refractivity contribution in [3.8, 4) is 0 Å². The van der Waals surface area contributed by atoms with Crippen molar-refractivity contribution in [1.29, 1.82) is 0 Å². The van der Waals surface area contributed by atoms with Crippen molar-refractivity contribution in [3.05, 3.63) is 23.3 Å². The van der Waals surface area contributed by atoms with Crippen molar-refractivity contribution in [3.63, 3.8) is 0 Å². The van der Waals surface area contributed by atoms with Crippen LogP contribution in [0.3, 0.4) is 0 Å². The number of hydrogen-bond donors (Lipinski definition) is 0. The molecule has 0 radical (unpaired) electrons. The zero-order valence-corrected chi connectivity index (χ0v) is 10.1. The molecule has 0 fully saturated rings. The Morgan fingerprint density at radius 3 is 2.62 bits per heavy atom. The number of ketones is 1. The number of carbonyl (C=O) groups excluding carboxylic acids is 2. The Morgan fingerprint density at radius 1 is 1.50 bits per heavy atom. The molecule has 0 saturated carbocycles. The second kappa shape index (κ2) is 4.96. The average Bonchev–Trinajstić information content (AvgIpc) is 2.46. The highest BCUT2D eigenvalue weighted by Crippen LogP contribution is 2.26. The summed E-state index contributed by atoms with van der Waals surface area (Å²) in [6, 6.07) is 0. The first-order chi connectivity index (χ1) is 7.47. The molecule has 0 heterocycles. The fourth-order valence-corrected chi connectivity index (χ4v) is 1.57. The van der Waals surface area contributed by atoms with Gasteiger partial charge in [-0.25, -0.2) is 4.79 Å². The summed E-state index contributed by atoms with van der Waals surface area (Å²) in [7, 11) is 3.23. The maximum atomic E-state index is 11.6. The summed E-state index contributed by atoms with van der Waals surface area (Å²) in [5, 5.41) is 0. The first kappa shape index (κ1) is 12.5. The molecule has 0 aromatic heterocycles. The molecule has 16 heavy (non-hydrogen) atoms. The molecule has 0 aromatic carbocycles. The summed E-state index contributed by atoms with van der Waals surface area (Å²) in [4.78, 5) is 24.3. The third-order valence-electron chi connectivity index (χ3n) is 2.52. The highest BCUT2D eigenvalue weighted by atomic mass is 16.6. The fraction of sp³-hybridized carbons (Fsp3) is 0.500. The van der Waals surface area contributed by atoms with Crippen LogP contribution in [0.1, 0.15) is 20.3 Å². The molecule has 0 spiro atoms. The lowest BCUT2D eigenvalue weighted by atomic mass is 10.1. The number of ether oxygens (including phenoxy) is 1. The SMILES string of the molecule is C/C=C/C1=C(C)C(OC(=O)N(C)C)CC1=O. The molecule has 1 aliphatic carbocycles. The van der Waals surface area contributed by atoms with Crippen molar-refractivity contribution in [2.75, 3.05) is 14.1 Å². The van der Waals surface area contributed by atoms with Crippen molar-refractivity contribution in [2.24, 2.45) is 0 Å². The van der Waals surface area contributed by atoms with E-state index in [-0.39, 0.29) is 12.2 Å². The number of carbonyl (C=O) groups is 2. The van der Waals surface area contributed by atoms with E-state index < -0.39 is 12.2 Å². The standard InChI is InChI=1S/C12H17NO3/c1-5-6-9-8(2)11(7-10(9)14)16-12(15)13(3)4/h5-6,11H,7H2,1-4H3/b6-5+. The van der Waals surface area contributed by atoms with Crippen molar-refractivity contribution >= 4 is 11.9 Å². The highest BCUT2D eigenvalue weighted by Gasteiger charge is 2.31. The highest BCUT2D eigenvalue weighted by molar-refractivity contribution is 6.02.